The summed E-state index contributed by atoms with van der Waals surface area (Å²) < 4.78 is 5.33. The van der Waals surface area contributed by atoms with Gasteiger partial charge in [-0.2, -0.15) is 0 Å². The van der Waals surface area contributed by atoms with Gasteiger partial charge in [0.1, 0.15) is 11.6 Å². The first-order chi connectivity index (χ1) is 8.70. The number of halogens is 1. The van der Waals surface area contributed by atoms with Crippen molar-refractivity contribution in [2.24, 2.45) is 0 Å². The molecule has 0 amide bonds. The smallest absolute Gasteiger partial charge is 0.323 e. The summed E-state index contributed by atoms with van der Waals surface area (Å²) in [6, 6.07) is 7.20. The minimum absolute atomic E-state index is 0.0174. The standard InChI is InChI=1S/C15H22ClNO2/c1-10(12-8-6-7-9-13(12)16)17-11(2)14(18)19-15(3,4)5/h6-11,17H,1-5H3. The molecule has 1 aromatic rings. The lowest BCUT2D eigenvalue weighted by molar-refractivity contribution is -0.157. The van der Waals surface area contributed by atoms with Gasteiger partial charge in [-0.3, -0.25) is 10.1 Å². The highest BCUT2D eigenvalue weighted by molar-refractivity contribution is 6.31. The van der Waals surface area contributed by atoms with Crippen molar-refractivity contribution in [3.05, 3.63) is 34.9 Å². The van der Waals surface area contributed by atoms with Crippen molar-refractivity contribution in [2.45, 2.75) is 52.3 Å². The van der Waals surface area contributed by atoms with Crippen molar-refractivity contribution < 1.29 is 9.53 Å². The zero-order chi connectivity index (χ0) is 14.6. The number of carbonyl (C=O) groups is 1. The van der Waals surface area contributed by atoms with Gasteiger partial charge in [0.05, 0.1) is 0 Å². The van der Waals surface area contributed by atoms with Crippen LogP contribution in [0.5, 0.6) is 0 Å². The molecule has 0 aliphatic carbocycles. The van der Waals surface area contributed by atoms with Crippen molar-refractivity contribution >= 4 is 17.6 Å². The van der Waals surface area contributed by atoms with Crippen molar-refractivity contribution in [1.82, 2.24) is 5.32 Å². The Bertz CT molecular complexity index is 440. The van der Waals surface area contributed by atoms with E-state index >= 15 is 0 Å². The van der Waals surface area contributed by atoms with E-state index in [1.807, 2.05) is 52.0 Å². The molecule has 0 heterocycles. The van der Waals surface area contributed by atoms with Crippen LogP contribution in [0.1, 0.15) is 46.2 Å². The van der Waals surface area contributed by atoms with Crippen LogP contribution in [-0.4, -0.2) is 17.6 Å². The average molecular weight is 284 g/mol. The van der Waals surface area contributed by atoms with E-state index in [9.17, 15) is 4.79 Å². The quantitative estimate of drug-likeness (QED) is 0.856. The summed E-state index contributed by atoms with van der Waals surface area (Å²) in [5.41, 5.74) is 0.500. The molecule has 0 aliphatic rings. The van der Waals surface area contributed by atoms with E-state index in [0.717, 1.165) is 5.56 Å². The van der Waals surface area contributed by atoms with Gasteiger partial charge in [0.25, 0.3) is 0 Å². The highest BCUT2D eigenvalue weighted by Crippen LogP contribution is 2.22. The van der Waals surface area contributed by atoms with Crippen LogP contribution >= 0.6 is 11.6 Å². The predicted molar refractivity (Wildman–Crippen MR) is 78.3 cm³/mol. The number of rotatable bonds is 4. The van der Waals surface area contributed by atoms with Gasteiger partial charge in [-0.1, -0.05) is 29.8 Å². The summed E-state index contributed by atoms with van der Waals surface area (Å²) >= 11 is 6.13. The van der Waals surface area contributed by atoms with E-state index in [2.05, 4.69) is 5.32 Å². The minimum Gasteiger partial charge on any atom is -0.459 e. The molecule has 0 aromatic heterocycles. The molecule has 106 valence electrons. The molecule has 0 radical (unpaired) electrons. The molecule has 2 atom stereocenters. The second-order valence-electron chi connectivity index (χ2n) is 5.67. The summed E-state index contributed by atoms with van der Waals surface area (Å²) in [6.45, 7) is 9.34. The third-order valence-electron chi connectivity index (χ3n) is 2.63. The fraction of sp³-hybridized carbons (Fsp3) is 0.533. The van der Waals surface area contributed by atoms with E-state index in [1.165, 1.54) is 0 Å². The van der Waals surface area contributed by atoms with Gasteiger partial charge in [0.2, 0.25) is 0 Å². The van der Waals surface area contributed by atoms with Gasteiger partial charge in [0, 0.05) is 11.1 Å². The van der Waals surface area contributed by atoms with Crippen LogP contribution < -0.4 is 5.32 Å². The SMILES string of the molecule is CC(NC(C)c1ccccc1Cl)C(=O)OC(C)(C)C. The molecule has 0 saturated carbocycles. The topological polar surface area (TPSA) is 38.3 Å². The molecular formula is C15H22ClNO2. The van der Waals surface area contributed by atoms with E-state index in [-0.39, 0.29) is 18.1 Å². The van der Waals surface area contributed by atoms with Crippen LogP contribution in [0.3, 0.4) is 0 Å². The van der Waals surface area contributed by atoms with E-state index in [1.54, 1.807) is 6.92 Å². The highest BCUT2D eigenvalue weighted by Gasteiger charge is 2.23. The third kappa shape index (κ3) is 5.21. The molecule has 0 fully saturated rings. The monoisotopic (exact) mass is 283 g/mol. The molecule has 0 saturated heterocycles. The normalized spacial score (nSPS) is 14.8. The number of carbonyl (C=O) groups excluding carboxylic acids is 1. The molecular weight excluding hydrogens is 262 g/mol. The molecule has 4 heteroatoms. The van der Waals surface area contributed by atoms with Gasteiger partial charge in [-0.15, -0.1) is 0 Å². The van der Waals surface area contributed by atoms with Gasteiger partial charge in [-0.25, -0.2) is 0 Å². The second kappa shape index (κ2) is 6.40. The Kier molecular flexibility index (Phi) is 5.39. The predicted octanol–water partition coefficient (Wildman–Crippen LogP) is 3.72. The van der Waals surface area contributed by atoms with Gasteiger partial charge >= 0.3 is 5.97 Å². The lowest BCUT2D eigenvalue weighted by atomic mass is 10.1. The summed E-state index contributed by atoms with van der Waals surface area (Å²) in [7, 11) is 0. The van der Waals surface area contributed by atoms with Gasteiger partial charge < -0.3 is 4.74 Å². The largest absolute Gasteiger partial charge is 0.459 e. The Morgan fingerprint density at radius 2 is 1.84 bits per heavy atom. The molecule has 0 bridgehead atoms. The van der Waals surface area contributed by atoms with Crippen LogP contribution in [0.15, 0.2) is 24.3 Å². The molecule has 2 unspecified atom stereocenters. The van der Waals surface area contributed by atoms with E-state index < -0.39 is 5.60 Å². The molecule has 0 spiro atoms. The highest BCUT2D eigenvalue weighted by atomic mass is 35.5. The fourth-order valence-electron chi connectivity index (χ4n) is 1.75. The maximum absolute atomic E-state index is 11.9. The Labute approximate surface area is 120 Å². The zero-order valence-electron chi connectivity index (χ0n) is 12.2. The van der Waals surface area contributed by atoms with E-state index in [0.29, 0.717) is 5.02 Å². The first kappa shape index (κ1) is 16.0. The summed E-state index contributed by atoms with van der Waals surface area (Å²) in [6.07, 6.45) is 0. The Morgan fingerprint density at radius 3 is 2.37 bits per heavy atom. The van der Waals surface area contributed by atoms with Crippen molar-refractivity contribution in [2.75, 3.05) is 0 Å². The first-order valence-electron chi connectivity index (χ1n) is 6.44. The van der Waals surface area contributed by atoms with Crippen LogP contribution in [0, 0.1) is 0 Å². The van der Waals surface area contributed by atoms with Crippen molar-refractivity contribution in [1.29, 1.82) is 0 Å². The van der Waals surface area contributed by atoms with Crippen LogP contribution in [0.25, 0.3) is 0 Å². The zero-order valence-corrected chi connectivity index (χ0v) is 12.9. The van der Waals surface area contributed by atoms with Crippen LogP contribution in [-0.2, 0) is 9.53 Å². The fourth-order valence-corrected chi connectivity index (χ4v) is 2.05. The third-order valence-corrected chi connectivity index (χ3v) is 2.98. The van der Waals surface area contributed by atoms with Gasteiger partial charge in [0.15, 0.2) is 0 Å². The van der Waals surface area contributed by atoms with Crippen molar-refractivity contribution in [3.63, 3.8) is 0 Å². The summed E-state index contributed by atoms with van der Waals surface area (Å²) in [5.74, 6) is -0.258. The molecule has 3 nitrogen and oxygen atoms in total. The van der Waals surface area contributed by atoms with Crippen LogP contribution in [0.4, 0.5) is 0 Å². The first-order valence-corrected chi connectivity index (χ1v) is 6.82. The molecule has 1 aromatic carbocycles. The summed E-state index contributed by atoms with van der Waals surface area (Å²) in [5, 5.41) is 3.89. The van der Waals surface area contributed by atoms with E-state index in [4.69, 9.17) is 16.3 Å². The Morgan fingerprint density at radius 1 is 1.26 bits per heavy atom. The van der Waals surface area contributed by atoms with Gasteiger partial charge in [-0.05, 0) is 46.2 Å². The maximum atomic E-state index is 11.9. The number of ether oxygens (including phenoxy) is 1. The lowest BCUT2D eigenvalue weighted by Gasteiger charge is -2.25. The Balaban J connectivity index is 2.64. The molecule has 0 aliphatic heterocycles. The number of esters is 1. The number of hydrogen-bond donors (Lipinski definition) is 1. The van der Waals surface area contributed by atoms with Crippen LogP contribution in [0.2, 0.25) is 5.02 Å². The van der Waals surface area contributed by atoms with Crippen molar-refractivity contribution in [3.8, 4) is 0 Å². The average Bonchev–Trinajstić information content (AvgIpc) is 2.27. The maximum Gasteiger partial charge on any atom is 0.323 e. The number of benzene rings is 1. The minimum atomic E-state index is -0.472. The number of nitrogens with one attached hydrogen (secondary N) is 1. The lowest BCUT2D eigenvalue weighted by Crippen LogP contribution is -2.40. The molecule has 1 N–H and O–H groups in total. The Hall–Kier alpha value is -1.06. The molecule has 1 rings (SSSR count). The number of hydrogen-bond acceptors (Lipinski definition) is 3. The second-order valence-corrected chi connectivity index (χ2v) is 6.07. The molecule has 19 heavy (non-hydrogen) atoms. The summed E-state index contributed by atoms with van der Waals surface area (Å²) in [4.78, 5) is 11.9.